The molecule has 1 aliphatic carbocycles. The first-order valence-corrected chi connectivity index (χ1v) is 13.0. The van der Waals surface area contributed by atoms with Crippen molar-refractivity contribution in [3.05, 3.63) is 76.9 Å². The molecular weight excluding hydrogens is 481 g/mol. The number of fused-ring (bicyclic) bond motifs is 1. The van der Waals surface area contributed by atoms with E-state index in [1.54, 1.807) is 0 Å². The van der Waals surface area contributed by atoms with Crippen LogP contribution in [0.4, 0.5) is 0 Å². The van der Waals surface area contributed by atoms with E-state index in [0.717, 1.165) is 22.3 Å². The first-order valence-electron chi connectivity index (χ1n) is 13.0. The Morgan fingerprint density at radius 2 is 1.47 bits per heavy atom. The summed E-state index contributed by atoms with van der Waals surface area (Å²) < 4.78 is 12.4. The van der Waals surface area contributed by atoms with E-state index in [9.17, 15) is 14.4 Å². The van der Waals surface area contributed by atoms with Gasteiger partial charge in [0.2, 0.25) is 17.7 Å². The maximum absolute atomic E-state index is 12.8. The largest absolute Gasteiger partial charge is 0.482 e. The SMILES string of the molecule is CC1=C(C(=O)NCC(=O)NCC(=O)N[C@@H](Cc2ccccc2)B2OC(C)(C)C(C)(C)O2)Cc2ccccc21. The second-order valence-corrected chi connectivity index (χ2v) is 10.9. The minimum absolute atomic E-state index is 0.218. The maximum atomic E-state index is 12.8. The van der Waals surface area contributed by atoms with Gasteiger partial charge in [-0.05, 0) is 63.3 Å². The van der Waals surface area contributed by atoms with Crippen LogP contribution in [0.5, 0.6) is 0 Å². The van der Waals surface area contributed by atoms with Gasteiger partial charge in [-0.3, -0.25) is 14.4 Å². The van der Waals surface area contributed by atoms with E-state index in [0.29, 0.717) is 18.4 Å². The van der Waals surface area contributed by atoms with Crippen molar-refractivity contribution in [3.8, 4) is 0 Å². The molecule has 0 spiro atoms. The fraction of sp³-hybridized carbons (Fsp3) is 0.414. The summed E-state index contributed by atoms with van der Waals surface area (Å²) in [7, 11) is -0.647. The Labute approximate surface area is 224 Å². The second-order valence-electron chi connectivity index (χ2n) is 10.9. The van der Waals surface area contributed by atoms with E-state index in [2.05, 4.69) is 16.0 Å². The highest BCUT2D eigenvalue weighted by atomic mass is 16.7. The molecule has 1 aliphatic heterocycles. The van der Waals surface area contributed by atoms with Gasteiger partial charge in [0.15, 0.2) is 0 Å². The Balaban J connectivity index is 1.29. The molecule has 2 aromatic rings. The number of carbonyl (C=O) groups is 3. The minimum Gasteiger partial charge on any atom is -0.402 e. The van der Waals surface area contributed by atoms with Crippen molar-refractivity contribution in [2.75, 3.05) is 13.1 Å². The van der Waals surface area contributed by atoms with Crippen LogP contribution in [0.2, 0.25) is 0 Å². The Bertz CT molecular complexity index is 1230. The lowest BCUT2D eigenvalue weighted by Gasteiger charge is -2.32. The molecule has 9 heteroatoms. The third-order valence-corrected chi connectivity index (χ3v) is 7.62. The third-order valence-electron chi connectivity index (χ3n) is 7.62. The first kappa shape index (κ1) is 27.6. The molecule has 38 heavy (non-hydrogen) atoms. The molecule has 3 N–H and O–H groups in total. The normalized spacial score (nSPS) is 18.1. The summed E-state index contributed by atoms with van der Waals surface area (Å²) in [5.74, 6) is -1.55. The summed E-state index contributed by atoms with van der Waals surface area (Å²) in [6, 6.07) is 17.7. The van der Waals surface area contributed by atoms with Crippen molar-refractivity contribution in [2.24, 2.45) is 0 Å². The van der Waals surface area contributed by atoms with Crippen molar-refractivity contribution in [3.63, 3.8) is 0 Å². The van der Waals surface area contributed by atoms with E-state index >= 15 is 0 Å². The minimum atomic E-state index is -0.647. The molecule has 0 unspecified atom stereocenters. The van der Waals surface area contributed by atoms with Gasteiger partial charge in [-0.1, -0.05) is 54.6 Å². The number of amides is 3. The average Bonchev–Trinajstić information content (AvgIpc) is 3.33. The van der Waals surface area contributed by atoms with Gasteiger partial charge >= 0.3 is 7.12 Å². The van der Waals surface area contributed by atoms with Gasteiger partial charge in [0.1, 0.15) is 0 Å². The molecule has 0 radical (unpaired) electrons. The molecule has 2 aliphatic rings. The highest BCUT2D eigenvalue weighted by molar-refractivity contribution is 6.48. The predicted octanol–water partition coefficient (Wildman–Crippen LogP) is 2.61. The van der Waals surface area contributed by atoms with Crippen LogP contribution in [0, 0.1) is 0 Å². The van der Waals surface area contributed by atoms with Gasteiger partial charge in [-0.25, -0.2) is 0 Å². The quantitative estimate of drug-likeness (QED) is 0.444. The van der Waals surface area contributed by atoms with Crippen molar-refractivity contribution in [1.29, 1.82) is 0 Å². The van der Waals surface area contributed by atoms with Crippen LogP contribution >= 0.6 is 0 Å². The monoisotopic (exact) mass is 517 g/mol. The van der Waals surface area contributed by atoms with E-state index in [1.807, 2.05) is 89.2 Å². The van der Waals surface area contributed by atoms with Gasteiger partial charge < -0.3 is 25.3 Å². The van der Waals surface area contributed by atoms with Crippen LogP contribution < -0.4 is 16.0 Å². The molecule has 1 heterocycles. The Morgan fingerprint density at radius 1 is 0.868 bits per heavy atom. The first-order chi connectivity index (χ1) is 18.0. The fourth-order valence-corrected chi connectivity index (χ4v) is 4.68. The van der Waals surface area contributed by atoms with Crippen molar-refractivity contribution in [1.82, 2.24) is 16.0 Å². The summed E-state index contributed by atoms with van der Waals surface area (Å²) in [6.07, 6.45) is 1.05. The summed E-state index contributed by atoms with van der Waals surface area (Å²) in [5, 5.41) is 8.22. The molecule has 8 nitrogen and oxygen atoms in total. The molecule has 2 aromatic carbocycles. The van der Waals surface area contributed by atoms with Crippen LogP contribution in [0.3, 0.4) is 0 Å². The highest BCUT2D eigenvalue weighted by Gasteiger charge is 2.54. The number of carbonyl (C=O) groups excluding carboxylic acids is 3. The number of benzene rings is 2. The van der Waals surface area contributed by atoms with Crippen LogP contribution in [0.25, 0.3) is 5.57 Å². The zero-order valence-corrected chi connectivity index (χ0v) is 22.7. The van der Waals surface area contributed by atoms with Crippen molar-refractivity contribution in [2.45, 2.75) is 64.6 Å². The lowest BCUT2D eigenvalue weighted by Crippen LogP contribution is -2.52. The molecule has 200 valence electrons. The average molecular weight is 517 g/mol. The lowest BCUT2D eigenvalue weighted by atomic mass is 9.74. The highest BCUT2D eigenvalue weighted by Crippen LogP contribution is 2.38. The van der Waals surface area contributed by atoms with Gasteiger partial charge in [0.05, 0.1) is 30.2 Å². The maximum Gasteiger partial charge on any atom is 0.482 e. The van der Waals surface area contributed by atoms with Gasteiger partial charge in [0.25, 0.3) is 0 Å². The smallest absolute Gasteiger partial charge is 0.402 e. The zero-order valence-electron chi connectivity index (χ0n) is 22.7. The third kappa shape index (κ3) is 6.17. The summed E-state index contributed by atoms with van der Waals surface area (Å²) in [5.41, 5.74) is 3.68. The standard InChI is InChI=1S/C29H36BN3O5/c1-19-22-14-10-9-13-21(22)16-23(19)27(36)32-17-25(34)31-18-26(35)33-24(15-20-11-7-6-8-12-20)30-37-28(2,3)29(4,5)38-30/h6-14,24H,15-18H2,1-5H3,(H,31,34)(H,32,36)(H,33,35)/t24-/m0/s1. The van der Waals surface area contributed by atoms with Crippen LogP contribution in [-0.2, 0) is 36.5 Å². The predicted molar refractivity (Wildman–Crippen MR) is 147 cm³/mol. The van der Waals surface area contributed by atoms with Gasteiger partial charge in [-0.2, -0.15) is 0 Å². The van der Waals surface area contributed by atoms with Crippen molar-refractivity contribution < 1.29 is 23.7 Å². The molecular formula is C29H36BN3O5. The number of allylic oxidation sites excluding steroid dienone is 1. The topological polar surface area (TPSA) is 106 Å². The van der Waals surface area contributed by atoms with Crippen LogP contribution in [0.15, 0.2) is 60.2 Å². The van der Waals surface area contributed by atoms with E-state index in [4.69, 9.17) is 9.31 Å². The zero-order chi connectivity index (χ0) is 27.5. The van der Waals surface area contributed by atoms with E-state index in [-0.39, 0.29) is 24.9 Å². The van der Waals surface area contributed by atoms with E-state index < -0.39 is 30.2 Å². The molecule has 0 saturated carbocycles. The molecule has 0 bridgehead atoms. The molecule has 1 saturated heterocycles. The summed E-state index contributed by atoms with van der Waals surface area (Å²) in [6.45, 7) is 9.32. The van der Waals surface area contributed by atoms with Crippen molar-refractivity contribution >= 4 is 30.4 Å². The fourth-order valence-electron chi connectivity index (χ4n) is 4.68. The van der Waals surface area contributed by atoms with E-state index in [1.165, 1.54) is 0 Å². The Kier molecular flexibility index (Phi) is 8.09. The van der Waals surface area contributed by atoms with Gasteiger partial charge in [-0.15, -0.1) is 0 Å². The molecule has 1 fully saturated rings. The second kappa shape index (κ2) is 11.1. The number of nitrogens with one attached hydrogen (secondary N) is 3. The Hall–Kier alpha value is -3.43. The summed E-state index contributed by atoms with van der Waals surface area (Å²) >= 11 is 0. The molecule has 0 aromatic heterocycles. The van der Waals surface area contributed by atoms with Crippen LogP contribution in [0.1, 0.15) is 51.3 Å². The lowest BCUT2D eigenvalue weighted by molar-refractivity contribution is -0.127. The molecule has 4 rings (SSSR count). The number of hydrogen-bond acceptors (Lipinski definition) is 5. The molecule has 1 atom stereocenters. The number of hydrogen-bond donors (Lipinski definition) is 3. The number of rotatable bonds is 9. The van der Waals surface area contributed by atoms with Gasteiger partial charge in [0, 0.05) is 12.0 Å². The Morgan fingerprint density at radius 3 is 2.13 bits per heavy atom. The molecule has 3 amide bonds. The van der Waals surface area contributed by atoms with Crippen LogP contribution in [-0.4, -0.2) is 55.1 Å². The summed E-state index contributed by atoms with van der Waals surface area (Å²) in [4.78, 5) is 37.9.